The molecule has 1 heterocycles. The van der Waals surface area contributed by atoms with Crippen LogP contribution in [0.1, 0.15) is 46.7 Å². The Labute approximate surface area is 115 Å². The highest BCUT2D eigenvalue weighted by molar-refractivity contribution is 5.76. The highest BCUT2D eigenvalue weighted by Gasteiger charge is 2.18. The van der Waals surface area contributed by atoms with Crippen molar-refractivity contribution in [1.82, 2.24) is 25.6 Å². The maximum Gasteiger partial charge on any atom is 0.242 e. The van der Waals surface area contributed by atoms with Gasteiger partial charge in [-0.15, -0.1) is 5.10 Å². The molecule has 6 heteroatoms. The molecule has 2 N–H and O–H groups in total. The predicted octanol–water partition coefficient (Wildman–Crippen LogP) is 1.08. The van der Waals surface area contributed by atoms with Crippen LogP contribution in [0.2, 0.25) is 0 Å². The highest BCUT2D eigenvalue weighted by Crippen LogP contribution is 2.06. The molecule has 0 atom stereocenters. The molecule has 0 fully saturated rings. The van der Waals surface area contributed by atoms with Crippen molar-refractivity contribution in [3.63, 3.8) is 0 Å². The summed E-state index contributed by atoms with van der Waals surface area (Å²) >= 11 is 0. The summed E-state index contributed by atoms with van der Waals surface area (Å²) in [5.41, 5.74) is 0.663. The summed E-state index contributed by atoms with van der Waals surface area (Å²) in [6.07, 6.45) is 2.69. The highest BCUT2D eigenvalue weighted by atomic mass is 16.2. The van der Waals surface area contributed by atoms with Gasteiger partial charge in [0.25, 0.3) is 0 Å². The summed E-state index contributed by atoms with van der Waals surface area (Å²) in [6.45, 7) is 11.1. The largest absolute Gasteiger partial charge is 0.350 e. The fourth-order valence-corrected chi connectivity index (χ4v) is 1.46. The maximum absolute atomic E-state index is 11.8. The van der Waals surface area contributed by atoms with E-state index in [0.29, 0.717) is 12.6 Å². The van der Waals surface area contributed by atoms with Crippen molar-refractivity contribution in [2.45, 2.75) is 65.7 Å². The number of hydrogen-bond acceptors (Lipinski definition) is 4. The minimum Gasteiger partial charge on any atom is -0.350 e. The number of amides is 1. The van der Waals surface area contributed by atoms with Crippen molar-refractivity contribution >= 4 is 5.91 Å². The van der Waals surface area contributed by atoms with Crippen LogP contribution in [0.4, 0.5) is 0 Å². The molecule has 0 aliphatic heterocycles. The van der Waals surface area contributed by atoms with Gasteiger partial charge in [-0.25, -0.2) is 4.68 Å². The Balaban J connectivity index is 2.47. The Morgan fingerprint density at radius 1 is 1.47 bits per heavy atom. The lowest BCUT2D eigenvalue weighted by atomic mass is 10.0. The van der Waals surface area contributed by atoms with Crippen LogP contribution >= 0.6 is 0 Å². The van der Waals surface area contributed by atoms with Gasteiger partial charge in [0.15, 0.2) is 0 Å². The van der Waals surface area contributed by atoms with Crippen LogP contribution in [-0.2, 0) is 17.9 Å². The van der Waals surface area contributed by atoms with Crippen molar-refractivity contribution in [3.8, 4) is 0 Å². The van der Waals surface area contributed by atoms with Crippen LogP contribution in [-0.4, -0.2) is 32.5 Å². The Bertz CT molecular complexity index is 411. The molecule has 108 valence electrons. The van der Waals surface area contributed by atoms with Crippen LogP contribution in [0.3, 0.4) is 0 Å². The number of rotatable bonds is 7. The van der Waals surface area contributed by atoms with Gasteiger partial charge in [0, 0.05) is 18.1 Å². The summed E-state index contributed by atoms with van der Waals surface area (Å²) in [5.74, 6) is -0.0416. The van der Waals surface area contributed by atoms with Gasteiger partial charge in [-0.3, -0.25) is 4.79 Å². The van der Waals surface area contributed by atoms with Gasteiger partial charge >= 0.3 is 0 Å². The van der Waals surface area contributed by atoms with Crippen molar-refractivity contribution in [2.24, 2.45) is 0 Å². The number of hydrogen-bond donors (Lipinski definition) is 2. The van der Waals surface area contributed by atoms with E-state index in [2.05, 4.69) is 34.8 Å². The molecular formula is C13H25N5O. The first-order chi connectivity index (χ1) is 8.82. The SMILES string of the molecule is CCC(C)(C)NC(=O)Cn1cc(CNC(C)C)nn1. The lowest BCUT2D eigenvalue weighted by molar-refractivity contribution is -0.123. The first-order valence-corrected chi connectivity index (χ1v) is 6.76. The second-order valence-corrected chi connectivity index (χ2v) is 5.73. The Kier molecular flexibility index (Phi) is 5.47. The van der Waals surface area contributed by atoms with Gasteiger partial charge < -0.3 is 10.6 Å². The van der Waals surface area contributed by atoms with Crippen molar-refractivity contribution in [3.05, 3.63) is 11.9 Å². The average Bonchev–Trinajstić information content (AvgIpc) is 2.73. The standard InChI is InChI=1S/C13H25N5O/c1-6-13(4,5)15-12(19)9-18-8-11(16-17-18)7-14-10(2)3/h8,10,14H,6-7,9H2,1-5H3,(H,15,19). The van der Waals surface area contributed by atoms with Crippen molar-refractivity contribution in [2.75, 3.05) is 0 Å². The number of nitrogens with zero attached hydrogens (tertiary/aromatic N) is 3. The first-order valence-electron chi connectivity index (χ1n) is 6.76. The monoisotopic (exact) mass is 267 g/mol. The van der Waals surface area contributed by atoms with E-state index in [1.807, 2.05) is 20.8 Å². The van der Waals surface area contributed by atoms with Crippen molar-refractivity contribution < 1.29 is 4.79 Å². The molecule has 0 aromatic carbocycles. The second-order valence-electron chi connectivity index (χ2n) is 5.73. The van der Waals surface area contributed by atoms with Gasteiger partial charge in [0.05, 0.1) is 11.9 Å². The van der Waals surface area contributed by atoms with E-state index in [1.54, 1.807) is 10.9 Å². The normalized spacial score (nSPS) is 11.9. The minimum atomic E-state index is -0.181. The van der Waals surface area contributed by atoms with Crippen LogP contribution in [0.5, 0.6) is 0 Å². The number of nitrogens with one attached hydrogen (secondary N) is 2. The summed E-state index contributed by atoms with van der Waals surface area (Å²) in [6, 6.07) is 0.402. The molecular weight excluding hydrogens is 242 g/mol. The van der Waals surface area contributed by atoms with Crippen LogP contribution < -0.4 is 10.6 Å². The zero-order valence-corrected chi connectivity index (χ0v) is 12.5. The third-order valence-corrected chi connectivity index (χ3v) is 2.94. The lowest BCUT2D eigenvalue weighted by Gasteiger charge is -2.24. The first kappa shape index (κ1) is 15.6. The molecule has 0 saturated heterocycles. The van der Waals surface area contributed by atoms with Gasteiger partial charge in [-0.2, -0.15) is 0 Å². The molecule has 0 spiro atoms. The molecule has 6 nitrogen and oxygen atoms in total. The molecule has 0 radical (unpaired) electrons. The molecule has 1 aromatic heterocycles. The zero-order valence-electron chi connectivity index (χ0n) is 12.5. The molecule has 1 aromatic rings. The summed E-state index contributed by atoms with van der Waals surface area (Å²) in [4.78, 5) is 11.8. The van der Waals surface area contributed by atoms with E-state index in [-0.39, 0.29) is 18.0 Å². The van der Waals surface area contributed by atoms with E-state index in [4.69, 9.17) is 0 Å². The van der Waals surface area contributed by atoms with Crippen LogP contribution in [0.25, 0.3) is 0 Å². The molecule has 0 aliphatic carbocycles. The summed E-state index contributed by atoms with van der Waals surface area (Å²) < 4.78 is 1.57. The third kappa shape index (κ3) is 5.83. The van der Waals surface area contributed by atoms with E-state index >= 15 is 0 Å². The Morgan fingerprint density at radius 2 is 2.16 bits per heavy atom. The number of aromatic nitrogens is 3. The fourth-order valence-electron chi connectivity index (χ4n) is 1.46. The third-order valence-electron chi connectivity index (χ3n) is 2.94. The van der Waals surface area contributed by atoms with E-state index < -0.39 is 0 Å². The summed E-state index contributed by atoms with van der Waals surface area (Å²) in [7, 11) is 0. The van der Waals surface area contributed by atoms with Crippen LogP contribution in [0.15, 0.2) is 6.20 Å². The molecule has 1 amide bonds. The van der Waals surface area contributed by atoms with Gasteiger partial charge in [-0.1, -0.05) is 26.0 Å². The zero-order chi connectivity index (χ0) is 14.5. The molecule has 0 unspecified atom stereocenters. The maximum atomic E-state index is 11.8. The fraction of sp³-hybridized carbons (Fsp3) is 0.769. The number of carbonyl (C=O) groups excluding carboxylic acids is 1. The lowest BCUT2D eigenvalue weighted by Crippen LogP contribution is -2.44. The van der Waals surface area contributed by atoms with E-state index in [1.165, 1.54) is 0 Å². The Hall–Kier alpha value is -1.43. The molecule has 0 saturated carbocycles. The van der Waals surface area contributed by atoms with Gasteiger partial charge in [-0.05, 0) is 20.3 Å². The predicted molar refractivity (Wildman–Crippen MR) is 74.5 cm³/mol. The number of carbonyl (C=O) groups is 1. The smallest absolute Gasteiger partial charge is 0.242 e. The molecule has 0 bridgehead atoms. The van der Waals surface area contributed by atoms with Gasteiger partial charge in [0.2, 0.25) is 5.91 Å². The van der Waals surface area contributed by atoms with E-state index in [9.17, 15) is 4.79 Å². The van der Waals surface area contributed by atoms with Gasteiger partial charge in [0.1, 0.15) is 6.54 Å². The topological polar surface area (TPSA) is 71.8 Å². The molecule has 0 aliphatic rings. The second kappa shape index (κ2) is 6.65. The Morgan fingerprint density at radius 3 is 2.74 bits per heavy atom. The molecule has 19 heavy (non-hydrogen) atoms. The van der Waals surface area contributed by atoms with Crippen LogP contribution in [0, 0.1) is 0 Å². The molecule has 1 rings (SSSR count). The minimum absolute atomic E-state index is 0.0416. The quantitative estimate of drug-likeness (QED) is 0.775. The van der Waals surface area contributed by atoms with Crippen molar-refractivity contribution in [1.29, 1.82) is 0 Å². The average molecular weight is 267 g/mol. The summed E-state index contributed by atoms with van der Waals surface area (Å²) in [5, 5.41) is 14.2. The van der Waals surface area contributed by atoms with E-state index in [0.717, 1.165) is 12.1 Å².